The average Bonchev–Trinajstić information content (AvgIpc) is 2.37. The van der Waals surface area contributed by atoms with Gasteiger partial charge in [0.1, 0.15) is 0 Å². The van der Waals surface area contributed by atoms with Crippen LogP contribution in [-0.4, -0.2) is 32.5 Å². The fourth-order valence-electron chi connectivity index (χ4n) is 1.55. The minimum atomic E-state index is -3.26. The highest BCUT2D eigenvalue weighted by atomic mass is 32.2. The predicted octanol–water partition coefficient (Wildman–Crippen LogP) is 1.60. The highest BCUT2D eigenvalue weighted by Gasteiger charge is 2.23. The molecule has 0 bridgehead atoms. The van der Waals surface area contributed by atoms with Crippen LogP contribution >= 0.6 is 0 Å². The molecule has 0 aliphatic carbocycles. The molecule has 0 aromatic heterocycles. The SMILES string of the molecule is COC(=O)CC(C)S(=O)(=O)CCc1ccccc1. The van der Waals surface area contributed by atoms with Crippen molar-refractivity contribution in [3.8, 4) is 0 Å². The number of sulfone groups is 1. The maximum atomic E-state index is 11.9. The Hall–Kier alpha value is -1.36. The Morgan fingerprint density at radius 1 is 1.28 bits per heavy atom. The number of benzene rings is 1. The number of carbonyl (C=O) groups is 1. The van der Waals surface area contributed by atoms with E-state index in [4.69, 9.17) is 0 Å². The molecule has 0 spiro atoms. The summed E-state index contributed by atoms with van der Waals surface area (Å²) in [5.74, 6) is -0.444. The summed E-state index contributed by atoms with van der Waals surface area (Å²) in [6.45, 7) is 1.54. The summed E-state index contributed by atoms with van der Waals surface area (Å²) in [4.78, 5) is 11.1. The van der Waals surface area contributed by atoms with E-state index in [0.717, 1.165) is 5.56 Å². The lowest BCUT2D eigenvalue weighted by molar-refractivity contribution is -0.140. The van der Waals surface area contributed by atoms with Gasteiger partial charge in [-0.2, -0.15) is 0 Å². The van der Waals surface area contributed by atoms with Crippen molar-refractivity contribution < 1.29 is 17.9 Å². The number of aryl methyl sites for hydroxylation is 1. The van der Waals surface area contributed by atoms with Crippen molar-refractivity contribution in [1.82, 2.24) is 0 Å². The molecule has 100 valence electrons. The van der Waals surface area contributed by atoms with E-state index in [1.54, 1.807) is 0 Å². The second-order valence-electron chi connectivity index (χ2n) is 4.19. The molecule has 1 aromatic carbocycles. The highest BCUT2D eigenvalue weighted by Crippen LogP contribution is 2.10. The molecular formula is C13H18O4S. The largest absolute Gasteiger partial charge is 0.469 e. The van der Waals surface area contributed by atoms with Crippen LogP contribution in [0.3, 0.4) is 0 Å². The van der Waals surface area contributed by atoms with Crippen LogP contribution in [0.4, 0.5) is 0 Å². The van der Waals surface area contributed by atoms with Gasteiger partial charge in [-0.05, 0) is 18.9 Å². The zero-order valence-electron chi connectivity index (χ0n) is 10.6. The molecule has 1 rings (SSSR count). The summed E-state index contributed by atoms with van der Waals surface area (Å²) < 4.78 is 28.4. The van der Waals surface area contributed by atoms with Gasteiger partial charge in [-0.15, -0.1) is 0 Å². The van der Waals surface area contributed by atoms with Crippen LogP contribution in [0.5, 0.6) is 0 Å². The number of rotatable bonds is 6. The summed E-state index contributed by atoms with van der Waals surface area (Å²) in [5, 5.41) is -0.700. The molecule has 0 N–H and O–H groups in total. The Bertz CT molecular complexity index is 479. The first-order valence-electron chi connectivity index (χ1n) is 5.78. The van der Waals surface area contributed by atoms with E-state index in [2.05, 4.69) is 4.74 Å². The maximum absolute atomic E-state index is 11.9. The first-order valence-corrected chi connectivity index (χ1v) is 7.49. The Balaban J connectivity index is 2.57. The standard InChI is InChI=1S/C13H18O4S/c1-11(10-13(14)17-2)18(15,16)9-8-12-6-4-3-5-7-12/h3-7,11H,8-10H2,1-2H3. The highest BCUT2D eigenvalue weighted by molar-refractivity contribution is 7.92. The van der Waals surface area contributed by atoms with Crippen molar-refractivity contribution >= 4 is 15.8 Å². The minimum absolute atomic E-state index is 0.0508. The molecule has 1 unspecified atom stereocenters. The number of hydrogen-bond donors (Lipinski definition) is 0. The average molecular weight is 270 g/mol. The van der Waals surface area contributed by atoms with E-state index in [9.17, 15) is 13.2 Å². The van der Waals surface area contributed by atoms with E-state index in [1.807, 2.05) is 30.3 Å². The summed E-state index contributed by atoms with van der Waals surface area (Å²) in [7, 11) is -2.01. The van der Waals surface area contributed by atoms with Gasteiger partial charge in [0, 0.05) is 0 Å². The van der Waals surface area contributed by atoms with Gasteiger partial charge in [0.25, 0.3) is 0 Å². The number of carbonyl (C=O) groups excluding carboxylic acids is 1. The van der Waals surface area contributed by atoms with Gasteiger partial charge in [-0.3, -0.25) is 4.79 Å². The topological polar surface area (TPSA) is 60.4 Å². The first-order chi connectivity index (χ1) is 8.45. The van der Waals surface area contributed by atoms with E-state index in [-0.39, 0.29) is 12.2 Å². The van der Waals surface area contributed by atoms with Crippen LogP contribution in [-0.2, 0) is 25.8 Å². The maximum Gasteiger partial charge on any atom is 0.306 e. The van der Waals surface area contributed by atoms with Crippen molar-refractivity contribution in [2.24, 2.45) is 0 Å². The van der Waals surface area contributed by atoms with Crippen LogP contribution in [0.1, 0.15) is 18.9 Å². The van der Waals surface area contributed by atoms with Gasteiger partial charge in [0.2, 0.25) is 0 Å². The van der Waals surface area contributed by atoms with Crippen molar-refractivity contribution in [1.29, 1.82) is 0 Å². The van der Waals surface area contributed by atoms with E-state index >= 15 is 0 Å². The van der Waals surface area contributed by atoms with E-state index < -0.39 is 21.1 Å². The summed E-state index contributed by atoms with van der Waals surface area (Å²) >= 11 is 0. The van der Waals surface area contributed by atoms with Crippen LogP contribution < -0.4 is 0 Å². The molecule has 1 aromatic rings. The third-order valence-corrected chi connectivity index (χ3v) is 4.98. The van der Waals surface area contributed by atoms with Crippen molar-refractivity contribution in [2.45, 2.75) is 25.0 Å². The molecule has 1 atom stereocenters. The van der Waals surface area contributed by atoms with Crippen molar-refractivity contribution in [3.63, 3.8) is 0 Å². The number of hydrogen-bond acceptors (Lipinski definition) is 4. The third-order valence-electron chi connectivity index (χ3n) is 2.81. The Morgan fingerprint density at radius 3 is 2.44 bits per heavy atom. The molecule has 0 amide bonds. The second-order valence-corrected chi connectivity index (χ2v) is 6.73. The Kier molecular flexibility index (Phi) is 5.34. The molecule has 0 aliphatic rings. The van der Waals surface area contributed by atoms with Gasteiger partial charge in [0.15, 0.2) is 9.84 Å². The van der Waals surface area contributed by atoms with Crippen LogP contribution in [0.25, 0.3) is 0 Å². The molecule has 0 heterocycles. The normalized spacial score (nSPS) is 13.0. The first kappa shape index (κ1) is 14.7. The fourth-order valence-corrected chi connectivity index (χ4v) is 2.86. The summed E-state index contributed by atoms with van der Waals surface area (Å²) in [6, 6.07) is 9.42. The summed E-state index contributed by atoms with van der Waals surface area (Å²) in [5.41, 5.74) is 0.978. The zero-order valence-corrected chi connectivity index (χ0v) is 11.4. The fraction of sp³-hybridized carbons (Fsp3) is 0.462. The molecular weight excluding hydrogens is 252 g/mol. The van der Waals surface area contributed by atoms with Gasteiger partial charge >= 0.3 is 5.97 Å². The summed E-state index contributed by atoms with van der Waals surface area (Å²) in [6.07, 6.45) is 0.377. The Labute approximate surface area is 108 Å². The van der Waals surface area contributed by atoms with E-state index in [1.165, 1.54) is 14.0 Å². The van der Waals surface area contributed by atoms with Gasteiger partial charge < -0.3 is 4.74 Å². The Morgan fingerprint density at radius 2 is 1.89 bits per heavy atom. The van der Waals surface area contributed by atoms with Crippen LogP contribution in [0, 0.1) is 0 Å². The molecule has 4 nitrogen and oxygen atoms in total. The van der Waals surface area contributed by atoms with Gasteiger partial charge in [-0.25, -0.2) is 8.42 Å². The van der Waals surface area contributed by atoms with Crippen LogP contribution in [0.2, 0.25) is 0 Å². The number of methoxy groups -OCH3 is 1. The molecule has 0 radical (unpaired) electrons. The quantitative estimate of drug-likeness (QED) is 0.737. The molecule has 5 heteroatoms. The lowest BCUT2D eigenvalue weighted by Crippen LogP contribution is -2.25. The molecule has 0 aliphatic heterocycles. The number of esters is 1. The van der Waals surface area contributed by atoms with Gasteiger partial charge in [0.05, 0.1) is 24.5 Å². The molecule has 0 fully saturated rings. The van der Waals surface area contributed by atoms with Crippen LogP contribution in [0.15, 0.2) is 30.3 Å². The van der Waals surface area contributed by atoms with Crippen molar-refractivity contribution in [3.05, 3.63) is 35.9 Å². The van der Waals surface area contributed by atoms with E-state index in [0.29, 0.717) is 6.42 Å². The monoisotopic (exact) mass is 270 g/mol. The van der Waals surface area contributed by atoms with Gasteiger partial charge in [-0.1, -0.05) is 30.3 Å². The second kappa shape index (κ2) is 6.54. The smallest absolute Gasteiger partial charge is 0.306 e. The molecule has 0 saturated carbocycles. The lowest BCUT2D eigenvalue weighted by Gasteiger charge is -2.11. The van der Waals surface area contributed by atoms with Crippen molar-refractivity contribution in [2.75, 3.05) is 12.9 Å². The number of ether oxygens (including phenoxy) is 1. The third kappa shape index (κ3) is 4.49. The molecule has 0 saturated heterocycles. The predicted molar refractivity (Wildman–Crippen MR) is 70.0 cm³/mol. The minimum Gasteiger partial charge on any atom is -0.469 e. The lowest BCUT2D eigenvalue weighted by atomic mass is 10.2. The molecule has 18 heavy (non-hydrogen) atoms. The zero-order chi connectivity index (χ0) is 13.6.